The average Bonchev–Trinajstić information content (AvgIpc) is 2.45. The highest BCUT2D eigenvalue weighted by molar-refractivity contribution is 5.28. The lowest BCUT2D eigenvalue weighted by Gasteiger charge is -2.27. The molecule has 118 valence electrons. The molecule has 0 aliphatic rings. The summed E-state index contributed by atoms with van der Waals surface area (Å²) in [6.07, 6.45) is -0.169. The van der Waals surface area contributed by atoms with Crippen LogP contribution in [-0.4, -0.2) is 11.3 Å². The molecule has 2 rings (SSSR count). The molecule has 0 aromatic heterocycles. The van der Waals surface area contributed by atoms with Gasteiger partial charge in [0.1, 0.15) is 6.23 Å². The van der Waals surface area contributed by atoms with Gasteiger partial charge in [0.2, 0.25) is 0 Å². The molecule has 0 aliphatic carbocycles. The van der Waals surface area contributed by atoms with E-state index in [-0.39, 0.29) is 0 Å². The number of benzene rings is 2. The third-order valence-electron chi connectivity index (χ3n) is 3.74. The van der Waals surface area contributed by atoms with Crippen LogP contribution >= 0.6 is 0 Å². The van der Waals surface area contributed by atoms with Gasteiger partial charge in [-0.3, -0.25) is 0 Å². The van der Waals surface area contributed by atoms with E-state index in [2.05, 4.69) is 32.0 Å². The molecule has 22 heavy (non-hydrogen) atoms. The maximum Gasteiger partial charge on any atom is 0.109 e. The van der Waals surface area contributed by atoms with Crippen molar-refractivity contribution in [3.63, 3.8) is 0 Å². The minimum Gasteiger partial charge on any atom is -0.385 e. The van der Waals surface area contributed by atoms with Crippen LogP contribution in [0.25, 0.3) is 0 Å². The first-order valence-corrected chi connectivity index (χ1v) is 7.59. The Morgan fingerprint density at radius 2 is 1.68 bits per heavy atom. The predicted octanol–water partition coefficient (Wildman–Crippen LogP) is 3.40. The normalized spacial score (nSPS) is 15.3. The lowest BCUT2D eigenvalue weighted by atomic mass is 9.92. The monoisotopic (exact) mass is 299 g/mol. The Bertz CT molecular complexity index is 588. The van der Waals surface area contributed by atoms with Gasteiger partial charge in [0.25, 0.3) is 0 Å². The Hall–Kier alpha value is -1.68. The average molecular weight is 299 g/mol. The highest BCUT2D eigenvalue weighted by Gasteiger charge is 2.26. The van der Waals surface area contributed by atoms with Crippen LogP contribution in [0.1, 0.15) is 35.6 Å². The molecule has 0 heterocycles. The number of hydrogen-bond acceptors (Lipinski definition) is 3. The molecule has 0 spiro atoms. The van der Waals surface area contributed by atoms with Gasteiger partial charge >= 0.3 is 0 Å². The standard InChI is InChI=1S/C19H25NO2/c1-14-9-15(2)11-16(10-14)13-22-18(20)12-19(3,21)17-7-5-4-6-8-17/h4-11,18,21H,12-13,20H2,1-3H3. The summed E-state index contributed by atoms with van der Waals surface area (Å²) in [4.78, 5) is 0. The third kappa shape index (κ3) is 4.67. The molecule has 2 aromatic carbocycles. The number of nitrogens with two attached hydrogens (primary N) is 1. The molecule has 0 aliphatic heterocycles. The van der Waals surface area contributed by atoms with E-state index in [1.54, 1.807) is 6.92 Å². The Labute approximate surface area is 132 Å². The zero-order valence-electron chi connectivity index (χ0n) is 13.5. The number of ether oxygens (including phenoxy) is 1. The molecule has 3 heteroatoms. The number of rotatable bonds is 6. The van der Waals surface area contributed by atoms with E-state index in [0.717, 1.165) is 11.1 Å². The van der Waals surface area contributed by atoms with Gasteiger partial charge in [-0.2, -0.15) is 0 Å². The molecule has 3 nitrogen and oxygen atoms in total. The van der Waals surface area contributed by atoms with Crippen molar-refractivity contribution in [1.82, 2.24) is 0 Å². The van der Waals surface area contributed by atoms with Gasteiger partial charge in [-0.25, -0.2) is 0 Å². The smallest absolute Gasteiger partial charge is 0.109 e. The van der Waals surface area contributed by atoms with Crippen LogP contribution in [0.5, 0.6) is 0 Å². The Morgan fingerprint density at radius 1 is 1.09 bits per heavy atom. The van der Waals surface area contributed by atoms with Crippen LogP contribution < -0.4 is 5.73 Å². The maximum atomic E-state index is 10.6. The summed E-state index contributed by atoms with van der Waals surface area (Å²) in [6.45, 7) is 6.35. The summed E-state index contributed by atoms with van der Waals surface area (Å²) in [7, 11) is 0. The fourth-order valence-corrected chi connectivity index (χ4v) is 2.72. The van der Waals surface area contributed by atoms with Crippen LogP contribution in [0.4, 0.5) is 0 Å². The second kappa shape index (κ2) is 7.05. The Balaban J connectivity index is 1.94. The number of hydrogen-bond donors (Lipinski definition) is 2. The molecular formula is C19H25NO2. The summed E-state index contributed by atoms with van der Waals surface area (Å²) in [6, 6.07) is 15.9. The van der Waals surface area contributed by atoms with Crippen molar-refractivity contribution in [2.75, 3.05) is 0 Å². The van der Waals surface area contributed by atoms with Crippen LogP contribution in [0.15, 0.2) is 48.5 Å². The highest BCUT2D eigenvalue weighted by Crippen LogP contribution is 2.25. The molecular weight excluding hydrogens is 274 g/mol. The second-order valence-corrected chi connectivity index (χ2v) is 6.19. The molecule has 0 saturated heterocycles. The molecule has 0 saturated carbocycles. The van der Waals surface area contributed by atoms with Gasteiger partial charge in [0, 0.05) is 6.42 Å². The Morgan fingerprint density at radius 3 is 2.27 bits per heavy atom. The first kappa shape index (κ1) is 16.7. The van der Waals surface area contributed by atoms with E-state index >= 15 is 0 Å². The maximum absolute atomic E-state index is 10.6. The van der Waals surface area contributed by atoms with E-state index in [0.29, 0.717) is 13.0 Å². The lowest BCUT2D eigenvalue weighted by Crippen LogP contribution is -2.34. The zero-order valence-corrected chi connectivity index (χ0v) is 13.5. The highest BCUT2D eigenvalue weighted by atomic mass is 16.5. The van der Waals surface area contributed by atoms with Crippen LogP contribution in [-0.2, 0) is 16.9 Å². The summed E-state index contributed by atoms with van der Waals surface area (Å²) in [5.74, 6) is 0. The van der Waals surface area contributed by atoms with Gasteiger partial charge in [-0.1, -0.05) is 59.7 Å². The molecule has 0 fully saturated rings. The van der Waals surface area contributed by atoms with Gasteiger partial charge in [0.05, 0.1) is 12.2 Å². The second-order valence-electron chi connectivity index (χ2n) is 6.19. The van der Waals surface area contributed by atoms with Gasteiger partial charge in [-0.05, 0) is 31.9 Å². The van der Waals surface area contributed by atoms with Crippen molar-refractivity contribution in [3.8, 4) is 0 Å². The molecule has 0 bridgehead atoms. The quantitative estimate of drug-likeness (QED) is 0.804. The SMILES string of the molecule is Cc1cc(C)cc(COC(N)CC(C)(O)c2ccccc2)c1. The largest absolute Gasteiger partial charge is 0.385 e. The van der Waals surface area contributed by atoms with Crippen LogP contribution in [0, 0.1) is 13.8 Å². The van der Waals surface area contributed by atoms with E-state index in [1.807, 2.05) is 30.3 Å². The fraction of sp³-hybridized carbons (Fsp3) is 0.368. The third-order valence-corrected chi connectivity index (χ3v) is 3.74. The van der Waals surface area contributed by atoms with Crippen molar-refractivity contribution < 1.29 is 9.84 Å². The van der Waals surface area contributed by atoms with Crippen molar-refractivity contribution in [3.05, 3.63) is 70.8 Å². The Kier molecular flexibility index (Phi) is 5.35. The molecule has 3 N–H and O–H groups in total. The topological polar surface area (TPSA) is 55.5 Å². The van der Waals surface area contributed by atoms with Crippen LogP contribution in [0.2, 0.25) is 0 Å². The van der Waals surface area contributed by atoms with Crippen molar-refractivity contribution in [2.24, 2.45) is 5.73 Å². The predicted molar refractivity (Wildman–Crippen MR) is 89.3 cm³/mol. The summed E-state index contributed by atoms with van der Waals surface area (Å²) in [5.41, 5.74) is 9.42. The zero-order chi connectivity index (χ0) is 16.2. The van der Waals surface area contributed by atoms with E-state index in [9.17, 15) is 5.11 Å². The summed E-state index contributed by atoms with van der Waals surface area (Å²) >= 11 is 0. The number of aryl methyl sites for hydroxylation is 2. The lowest BCUT2D eigenvalue weighted by molar-refractivity contribution is -0.0366. The van der Waals surface area contributed by atoms with Crippen molar-refractivity contribution in [2.45, 2.75) is 45.6 Å². The van der Waals surface area contributed by atoms with E-state index < -0.39 is 11.8 Å². The molecule has 2 unspecified atom stereocenters. The minimum absolute atomic E-state index is 0.349. The van der Waals surface area contributed by atoms with Crippen LogP contribution in [0.3, 0.4) is 0 Å². The first-order valence-electron chi connectivity index (χ1n) is 7.59. The molecule has 0 amide bonds. The summed E-state index contributed by atoms with van der Waals surface area (Å²) in [5, 5.41) is 10.6. The van der Waals surface area contributed by atoms with Crippen molar-refractivity contribution >= 4 is 0 Å². The van der Waals surface area contributed by atoms with Gasteiger partial charge in [-0.15, -0.1) is 0 Å². The van der Waals surface area contributed by atoms with Gasteiger partial charge < -0.3 is 15.6 Å². The number of aliphatic hydroxyl groups is 1. The molecule has 0 radical (unpaired) electrons. The first-order chi connectivity index (χ1) is 10.4. The van der Waals surface area contributed by atoms with E-state index in [1.165, 1.54) is 11.1 Å². The van der Waals surface area contributed by atoms with Gasteiger partial charge in [0.15, 0.2) is 0 Å². The van der Waals surface area contributed by atoms with Crippen molar-refractivity contribution in [1.29, 1.82) is 0 Å². The van der Waals surface area contributed by atoms with E-state index in [4.69, 9.17) is 10.5 Å². The summed E-state index contributed by atoms with van der Waals surface area (Å²) < 4.78 is 5.71. The molecule has 2 atom stereocenters. The molecule has 2 aromatic rings. The minimum atomic E-state index is -0.997. The fourth-order valence-electron chi connectivity index (χ4n) is 2.72.